The lowest BCUT2D eigenvalue weighted by atomic mass is 10.1. The van der Waals surface area contributed by atoms with Gasteiger partial charge in [0.15, 0.2) is 0 Å². The van der Waals surface area contributed by atoms with Crippen molar-refractivity contribution in [2.45, 2.75) is 0 Å². The van der Waals surface area contributed by atoms with Crippen LogP contribution in [-0.4, -0.2) is 31.1 Å². The molecule has 0 aliphatic rings. The highest BCUT2D eigenvalue weighted by Gasteiger charge is 2.27. The highest BCUT2D eigenvalue weighted by molar-refractivity contribution is 6.08. The topological polar surface area (TPSA) is 94.4 Å². The third kappa shape index (κ3) is 3.00. The van der Waals surface area contributed by atoms with E-state index in [1.54, 1.807) is 0 Å². The second-order valence-corrected chi connectivity index (χ2v) is 4.01. The van der Waals surface area contributed by atoms with E-state index >= 15 is 0 Å². The predicted molar refractivity (Wildman–Crippen MR) is 80.6 cm³/mol. The summed E-state index contributed by atoms with van der Waals surface area (Å²) >= 11 is 0. The zero-order chi connectivity index (χ0) is 14.7. The van der Waals surface area contributed by atoms with Crippen molar-refractivity contribution in [2.24, 2.45) is 0 Å². The van der Waals surface area contributed by atoms with E-state index in [0.717, 1.165) is 5.56 Å². The Balaban J connectivity index is 0.00000220. The maximum absolute atomic E-state index is 11.8. The van der Waals surface area contributed by atoms with Gasteiger partial charge < -0.3 is 20.2 Å². The molecule has 0 saturated heterocycles. The highest BCUT2D eigenvalue weighted by Crippen LogP contribution is 2.31. The number of hydrogen-bond acceptors (Lipinski definition) is 5. The molecule has 1 heterocycles. The first-order chi connectivity index (χ1) is 9.60. The van der Waals surface area contributed by atoms with Crippen LogP contribution in [0.3, 0.4) is 0 Å². The van der Waals surface area contributed by atoms with Crippen LogP contribution in [-0.2, 0) is 9.47 Å². The number of benzene rings is 1. The third-order valence-electron chi connectivity index (χ3n) is 2.88. The minimum absolute atomic E-state index is 0. The van der Waals surface area contributed by atoms with E-state index in [4.69, 9.17) is 5.73 Å². The summed E-state index contributed by atoms with van der Waals surface area (Å²) in [6.45, 7) is 0. The number of nitrogens with one attached hydrogen (secondary N) is 1. The monoisotopic (exact) mass is 310 g/mol. The average molecular weight is 311 g/mol. The van der Waals surface area contributed by atoms with Crippen LogP contribution >= 0.6 is 12.4 Å². The van der Waals surface area contributed by atoms with Crippen molar-refractivity contribution >= 4 is 30.0 Å². The first kappa shape index (κ1) is 16.6. The van der Waals surface area contributed by atoms with Crippen molar-refractivity contribution in [3.05, 3.63) is 41.6 Å². The molecule has 2 aromatic rings. The van der Waals surface area contributed by atoms with Gasteiger partial charge in [0.05, 0.1) is 25.6 Å². The van der Waals surface area contributed by atoms with Crippen molar-refractivity contribution < 1.29 is 19.1 Å². The van der Waals surface area contributed by atoms with Gasteiger partial charge in [-0.1, -0.05) is 30.3 Å². The van der Waals surface area contributed by atoms with Crippen LogP contribution in [0.4, 0.5) is 5.69 Å². The number of H-pyrrole nitrogens is 1. The molecule has 1 aromatic heterocycles. The fourth-order valence-corrected chi connectivity index (χ4v) is 1.92. The van der Waals surface area contributed by atoms with Gasteiger partial charge in [-0.15, -0.1) is 12.4 Å². The Morgan fingerprint density at radius 1 is 1.05 bits per heavy atom. The number of halogens is 1. The number of aromatic amines is 1. The van der Waals surface area contributed by atoms with Gasteiger partial charge in [-0.2, -0.15) is 0 Å². The molecule has 0 bridgehead atoms. The van der Waals surface area contributed by atoms with Gasteiger partial charge in [-0.05, 0) is 0 Å². The number of nitrogen functional groups attached to an aromatic ring is 1. The normalized spacial score (nSPS) is 9.62. The molecule has 0 radical (unpaired) electrons. The first-order valence-electron chi connectivity index (χ1n) is 5.83. The molecule has 3 N–H and O–H groups in total. The molecule has 6 nitrogen and oxygen atoms in total. The number of carbonyl (C=O) groups is 2. The first-order valence-corrected chi connectivity index (χ1v) is 5.83. The number of hydrogen-bond donors (Lipinski definition) is 2. The lowest BCUT2D eigenvalue weighted by Crippen LogP contribution is -2.11. The van der Waals surface area contributed by atoms with Gasteiger partial charge in [-0.3, -0.25) is 0 Å². The molecule has 0 unspecified atom stereocenters. The Labute approximate surface area is 127 Å². The lowest BCUT2D eigenvalue weighted by molar-refractivity contribution is 0.0553. The van der Waals surface area contributed by atoms with Crippen molar-refractivity contribution in [3.8, 4) is 11.3 Å². The Hall–Kier alpha value is -2.47. The van der Waals surface area contributed by atoms with Gasteiger partial charge in [0, 0.05) is 5.56 Å². The molecule has 0 atom stereocenters. The molecule has 0 saturated carbocycles. The van der Waals surface area contributed by atoms with Gasteiger partial charge >= 0.3 is 11.9 Å². The molecule has 0 amide bonds. The van der Waals surface area contributed by atoms with Crippen molar-refractivity contribution in [1.29, 1.82) is 0 Å². The summed E-state index contributed by atoms with van der Waals surface area (Å²) in [7, 11) is 2.45. The third-order valence-corrected chi connectivity index (χ3v) is 2.88. The zero-order valence-electron chi connectivity index (χ0n) is 11.5. The largest absolute Gasteiger partial charge is 0.465 e. The molecule has 0 aliphatic heterocycles. The van der Waals surface area contributed by atoms with Crippen LogP contribution in [0.5, 0.6) is 0 Å². The number of carbonyl (C=O) groups excluding carboxylic acids is 2. The molecule has 21 heavy (non-hydrogen) atoms. The maximum atomic E-state index is 11.8. The second kappa shape index (κ2) is 6.81. The minimum atomic E-state index is -0.693. The van der Waals surface area contributed by atoms with E-state index < -0.39 is 11.9 Å². The molecule has 0 spiro atoms. The van der Waals surface area contributed by atoms with E-state index in [1.165, 1.54) is 14.2 Å². The van der Waals surface area contributed by atoms with Crippen molar-refractivity contribution in [3.63, 3.8) is 0 Å². The molecule has 1 aromatic carbocycles. The van der Waals surface area contributed by atoms with Crippen LogP contribution in [0.15, 0.2) is 30.3 Å². The van der Waals surface area contributed by atoms with E-state index in [2.05, 4.69) is 14.5 Å². The summed E-state index contributed by atoms with van der Waals surface area (Å²) in [5, 5.41) is 0. The molecular formula is C14H15ClN2O4. The summed E-state index contributed by atoms with van der Waals surface area (Å²) in [5.74, 6) is -1.37. The van der Waals surface area contributed by atoms with Gasteiger partial charge in [0.25, 0.3) is 0 Å². The van der Waals surface area contributed by atoms with Crippen molar-refractivity contribution in [1.82, 2.24) is 4.98 Å². The van der Waals surface area contributed by atoms with E-state index in [-0.39, 0.29) is 29.4 Å². The molecule has 0 aliphatic carbocycles. The predicted octanol–water partition coefficient (Wildman–Crippen LogP) is 2.26. The Bertz CT molecular complexity index is 652. The van der Waals surface area contributed by atoms with E-state index in [9.17, 15) is 9.59 Å². The Morgan fingerprint density at radius 3 is 2.14 bits per heavy atom. The fourth-order valence-electron chi connectivity index (χ4n) is 1.92. The van der Waals surface area contributed by atoms with Crippen LogP contribution < -0.4 is 5.73 Å². The van der Waals surface area contributed by atoms with Gasteiger partial charge in [0.1, 0.15) is 11.3 Å². The maximum Gasteiger partial charge on any atom is 0.355 e. The van der Waals surface area contributed by atoms with Crippen LogP contribution in [0.25, 0.3) is 11.3 Å². The summed E-state index contributed by atoms with van der Waals surface area (Å²) in [6.07, 6.45) is 0. The second-order valence-electron chi connectivity index (χ2n) is 4.01. The number of anilines is 1. The number of methoxy groups -OCH3 is 2. The zero-order valence-corrected chi connectivity index (χ0v) is 12.3. The van der Waals surface area contributed by atoms with Gasteiger partial charge in [-0.25, -0.2) is 9.59 Å². The van der Waals surface area contributed by atoms with E-state index in [0.29, 0.717) is 5.69 Å². The van der Waals surface area contributed by atoms with Crippen molar-refractivity contribution in [2.75, 3.05) is 20.0 Å². The fraction of sp³-hybridized carbons (Fsp3) is 0.143. The molecule has 112 valence electrons. The Morgan fingerprint density at radius 2 is 1.62 bits per heavy atom. The average Bonchev–Trinajstić information content (AvgIpc) is 2.84. The molecule has 7 heteroatoms. The number of ether oxygens (including phenoxy) is 2. The molecule has 0 fully saturated rings. The molecule has 2 rings (SSSR count). The number of nitrogens with two attached hydrogens (primary N) is 1. The van der Waals surface area contributed by atoms with Crippen LogP contribution in [0.2, 0.25) is 0 Å². The van der Waals surface area contributed by atoms with Gasteiger partial charge in [0.2, 0.25) is 0 Å². The Kier molecular flexibility index (Phi) is 5.37. The summed E-state index contributed by atoms with van der Waals surface area (Å²) in [6, 6.07) is 9.12. The van der Waals surface area contributed by atoms with E-state index in [1.807, 2.05) is 30.3 Å². The summed E-state index contributed by atoms with van der Waals surface area (Å²) in [5.41, 5.74) is 7.32. The number of aromatic nitrogens is 1. The quantitative estimate of drug-likeness (QED) is 0.848. The SMILES string of the molecule is COC(=O)c1[nH]c(-c2ccccc2)c(N)c1C(=O)OC.Cl. The van der Waals surface area contributed by atoms with Crippen LogP contribution in [0.1, 0.15) is 20.8 Å². The minimum Gasteiger partial charge on any atom is -0.465 e. The van der Waals surface area contributed by atoms with Crippen LogP contribution in [0, 0.1) is 0 Å². The summed E-state index contributed by atoms with van der Waals surface area (Å²) < 4.78 is 9.30. The lowest BCUT2D eigenvalue weighted by Gasteiger charge is -2.01. The summed E-state index contributed by atoms with van der Waals surface area (Å²) in [4.78, 5) is 26.4. The highest BCUT2D eigenvalue weighted by atomic mass is 35.5. The number of esters is 2. The molecular weight excluding hydrogens is 296 g/mol. The number of rotatable bonds is 3. The standard InChI is InChI=1S/C14H14N2O4.ClH/c1-19-13(17)9-10(15)11(8-6-4-3-5-7-8)16-12(9)14(18)20-2;/h3-7,16H,15H2,1-2H3;1H. The smallest absolute Gasteiger partial charge is 0.355 e.